The lowest BCUT2D eigenvalue weighted by atomic mass is 9.89. The number of hydrogen-bond acceptors (Lipinski definition) is 2. The Morgan fingerprint density at radius 3 is 3.12 bits per heavy atom. The van der Waals surface area contributed by atoms with Gasteiger partial charge < -0.3 is 10.2 Å². The van der Waals surface area contributed by atoms with Gasteiger partial charge in [-0.15, -0.1) is 0 Å². The summed E-state index contributed by atoms with van der Waals surface area (Å²) in [5.41, 5.74) is 2.43. The molecule has 1 fully saturated rings. The van der Waals surface area contributed by atoms with Gasteiger partial charge in [-0.25, -0.2) is 0 Å². The van der Waals surface area contributed by atoms with Gasteiger partial charge in [0.15, 0.2) is 0 Å². The maximum atomic E-state index is 11.4. The third-order valence-corrected chi connectivity index (χ3v) is 4.05. The maximum absolute atomic E-state index is 11.4. The SMILES string of the molecule is CC(=O)N1CC[C@H]2Nc3ccc(Cl)cc3[C@@H]2C1. The smallest absolute Gasteiger partial charge is 0.219 e. The fraction of sp³-hybridized carbons (Fsp3) is 0.462. The molecular weight excluding hydrogens is 236 g/mol. The van der Waals surface area contributed by atoms with Crippen molar-refractivity contribution in [2.24, 2.45) is 0 Å². The fourth-order valence-electron chi connectivity index (χ4n) is 2.90. The molecule has 2 aliphatic heterocycles. The van der Waals surface area contributed by atoms with Crippen molar-refractivity contribution in [3.8, 4) is 0 Å². The molecule has 2 heterocycles. The molecule has 0 saturated carbocycles. The Balaban J connectivity index is 1.92. The Labute approximate surface area is 106 Å². The second kappa shape index (κ2) is 3.91. The largest absolute Gasteiger partial charge is 0.381 e. The number of rotatable bonds is 0. The Morgan fingerprint density at radius 1 is 1.53 bits per heavy atom. The van der Waals surface area contributed by atoms with Crippen LogP contribution in [0.4, 0.5) is 5.69 Å². The van der Waals surface area contributed by atoms with Crippen LogP contribution >= 0.6 is 11.6 Å². The van der Waals surface area contributed by atoms with Crippen LogP contribution in [0.25, 0.3) is 0 Å². The standard InChI is InChI=1S/C13H15ClN2O/c1-8(17)16-5-4-13-11(7-16)10-6-9(14)2-3-12(10)15-13/h2-3,6,11,13,15H,4-5,7H2,1H3/t11-,13+/m0/s1. The first kappa shape index (κ1) is 10.9. The van der Waals surface area contributed by atoms with Gasteiger partial charge in [0, 0.05) is 42.7 Å². The lowest BCUT2D eigenvalue weighted by Crippen LogP contribution is -2.44. The molecule has 2 aliphatic rings. The number of likely N-dealkylation sites (tertiary alicyclic amines) is 1. The number of carbonyl (C=O) groups is 1. The second-order valence-corrected chi connectivity index (χ2v) is 5.28. The van der Waals surface area contributed by atoms with Gasteiger partial charge in [-0.1, -0.05) is 11.6 Å². The van der Waals surface area contributed by atoms with E-state index in [0.717, 1.165) is 24.5 Å². The van der Waals surface area contributed by atoms with Gasteiger partial charge in [0.25, 0.3) is 0 Å². The van der Waals surface area contributed by atoms with Crippen molar-refractivity contribution < 1.29 is 4.79 Å². The molecular formula is C13H15ClN2O. The molecule has 17 heavy (non-hydrogen) atoms. The molecule has 0 bridgehead atoms. The Hall–Kier alpha value is -1.22. The lowest BCUT2D eigenvalue weighted by molar-refractivity contribution is -0.130. The number of halogens is 1. The topological polar surface area (TPSA) is 32.3 Å². The van der Waals surface area contributed by atoms with Gasteiger partial charge in [0.2, 0.25) is 5.91 Å². The first-order valence-corrected chi connectivity index (χ1v) is 6.34. The molecule has 4 heteroatoms. The number of carbonyl (C=O) groups excluding carboxylic acids is 1. The Morgan fingerprint density at radius 2 is 2.35 bits per heavy atom. The quantitative estimate of drug-likeness (QED) is 0.767. The van der Waals surface area contributed by atoms with Crippen LogP contribution in [0.5, 0.6) is 0 Å². The van der Waals surface area contributed by atoms with Crippen LogP contribution in [-0.2, 0) is 4.79 Å². The summed E-state index contributed by atoms with van der Waals surface area (Å²) < 4.78 is 0. The maximum Gasteiger partial charge on any atom is 0.219 e. The zero-order valence-corrected chi connectivity index (χ0v) is 10.5. The van der Waals surface area contributed by atoms with Gasteiger partial charge in [-0.3, -0.25) is 4.79 Å². The van der Waals surface area contributed by atoms with E-state index < -0.39 is 0 Å². The van der Waals surface area contributed by atoms with E-state index in [1.807, 2.05) is 23.1 Å². The molecule has 2 atom stereocenters. The Bertz CT molecular complexity index is 474. The summed E-state index contributed by atoms with van der Waals surface area (Å²) in [5, 5.41) is 4.30. The lowest BCUT2D eigenvalue weighted by Gasteiger charge is -2.34. The average Bonchev–Trinajstić information content (AvgIpc) is 2.66. The predicted octanol–water partition coefficient (Wildman–Crippen LogP) is 2.47. The highest BCUT2D eigenvalue weighted by Gasteiger charge is 2.37. The van der Waals surface area contributed by atoms with Gasteiger partial charge >= 0.3 is 0 Å². The summed E-state index contributed by atoms with van der Waals surface area (Å²) in [6.45, 7) is 3.30. The minimum atomic E-state index is 0.166. The van der Waals surface area contributed by atoms with E-state index >= 15 is 0 Å². The van der Waals surface area contributed by atoms with E-state index in [9.17, 15) is 4.79 Å². The normalized spacial score (nSPS) is 26.1. The summed E-state index contributed by atoms with van der Waals surface area (Å²) in [6.07, 6.45) is 1.01. The average molecular weight is 251 g/mol. The van der Waals surface area contributed by atoms with Crippen molar-refractivity contribution in [3.05, 3.63) is 28.8 Å². The molecule has 0 aromatic heterocycles. The molecule has 0 spiro atoms. The molecule has 1 amide bonds. The molecule has 90 valence electrons. The molecule has 1 saturated heterocycles. The van der Waals surface area contributed by atoms with E-state index in [1.54, 1.807) is 6.92 Å². The number of fused-ring (bicyclic) bond motifs is 3. The van der Waals surface area contributed by atoms with Gasteiger partial charge in [-0.05, 0) is 30.2 Å². The van der Waals surface area contributed by atoms with Crippen molar-refractivity contribution in [2.45, 2.75) is 25.3 Å². The van der Waals surface area contributed by atoms with Gasteiger partial charge in [0.1, 0.15) is 0 Å². The van der Waals surface area contributed by atoms with Crippen molar-refractivity contribution in [1.82, 2.24) is 4.90 Å². The summed E-state index contributed by atoms with van der Waals surface area (Å²) in [5.74, 6) is 0.556. The molecule has 0 radical (unpaired) electrons. The molecule has 0 unspecified atom stereocenters. The highest BCUT2D eigenvalue weighted by Crippen LogP contribution is 2.41. The van der Waals surface area contributed by atoms with E-state index in [4.69, 9.17) is 11.6 Å². The molecule has 1 aromatic carbocycles. The van der Waals surface area contributed by atoms with Crippen LogP contribution in [0.3, 0.4) is 0 Å². The van der Waals surface area contributed by atoms with Crippen molar-refractivity contribution in [3.63, 3.8) is 0 Å². The second-order valence-electron chi connectivity index (χ2n) is 4.84. The van der Waals surface area contributed by atoms with E-state index in [2.05, 4.69) is 5.32 Å². The minimum absolute atomic E-state index is 0.166. The number of hydrogen-bond donors (Lipinski definition) is 1. The highest BCUT2D eigenvalue weighted by molar-refractivity contribution is 6.30. The first-order valence-electron chi connectivity index (χ1n) is 5.96. The van der Waals surface area contributed by atoms with Crippen LogP contribution in [0, 0.1) is 0 Å². The summed E-state index contributed by atoms with van der Waals surface area (Å²) in [7, 11) is 0. The van der Waals surface area contributed by atoms with Crippen LogP contribution in [-0.4, -0.2) is 29.9 Å². The van der Waals surface area contributed by atoms with E-state index in [0.29, 0.717) is 12.0 Å². The number of nitrogens with zero attached hydrogens (tertiary/aromatic N) is 1. The van der Waals surface area contributed by atoms with Crippen LogP contribution in [0.2, 0.25) is 5.02 Å². The van der Waals surface area contributed by atoms with Crippen molar-refractivity contribution >= 4 is 23.2 Å². The van der Waals surface area contributed by atoms with Crippen LogP contribution in [0.15, 0.2) is 18.2 Å². The molecule has 1 N–H and O–H groups in total. The number of anilines is 1. The fourth-order valence-corrected chi connectivity index (χ4v) is 3.08. The monoisotopic (exact) mass is 250 g/mol. The molecule has 1 aromatic rings. The van der Waals surface area contributed by atoms with Gasteiger partial charge in [-0.2, -0.15) is 0 Å². The van der Waals surface area contributed by atoms with Crippen LogP contribution < -0.4 is 5.32 Å². The zero-order chi connectivity index (χ0) is 12.0. The van der Waals surface area contributed by atoms with Crippen LogP contribution in [0.1, 0.15) is 24.8 Å². The van der Waals surface area contributed by atoms with Crippen molar-refractivity contribution in [2.75, 3.05) is 18.4 Å². The number of nitrogens with one attached hydrogen (secondary N) is 1. The number of benzene rings is 1. The highest BCUT2D eigenvalue weighted by atomic mass is 35.5. The number of piperidine rings is 1. The predicted molar refractivity (Wildman–Crippen MR) is 68.5 cm³/mol. The number of amides is 1. The van der Waals surface area contributed by atoms with Gasteiger partial charge in [0.05, 0.1) is 0 Å². The summed E-state index contributed by atoms with van der Waals surface area (Å²) in [6, 6.07) is 6.43. The third kappa shape index (κ3) is 1.78. The Kier molecular flexibility index (Phi) is 2.51. The minimum Gasteiger partial charge on any atom is -0.381 e. The van der Waals surface area contributed by atoms with E-state index in [-0.39, 0.29) is 5.91 Å². The molecule has 3 rings (SSSR count). The first-order chi connectivity index (χ1) is 8.15. The van der Waals surface area contributed by atoms with Crippen molar-refractivity contribution in [1.29, 1.82) is 0 Å². The summed E-state index contributed by atoms with van der Waals surface area (Å²) in [4.78, 5) is 13.4. The molecule has 0 aliphatic carbocycles. The molecule has 3 nitrogen and oxygen atoms in total. The summed E-state index contributed by atoms with van der Waals surface area (Å²) >= 11 is 6.05. The third-order valence-electron chi connectivity index (χ3n) is 3.81. The zero-order valence-electron chi connectivity index (χ0n) is 9.74. The van der Waals surface area contributed by atoms with E-state index in [1.165, 1.54) is 11.3 Å².